The maximum Gasteiger partial charge on any atom is 0.263 e. The van der Waals surface area contributed by atoms with E-state index in [2.05, 4.69) is 5.32 Å². The van der Waals surface area contributed by atoms with Crippen LogP contribution in [0.1, 0.15) is 23.5 Å². The van der Waals surface area contributed by atoms with Gasteiger partial charge in [0.05, 0.1) is 12.8 Å². The van der Waals surface area contributed by atoms with Crippen LogP contribution >= 0.6 is 11.3 Å². The number of thiophene rings is 1. The van der Waals surface area contributed by atoms with Crippen molar-refractivity contribution in [1.82, 2.24) is 5.32 Å². The Bertz CT molecular complexity index is 654. The molecule has 1 aromatic carbocycles. The van der Waals surface area contributed by atoms with Crippen LogP contribution < -0.4 is 15.8 Å². The number of aliphatic hydroxyl groups excluding tert-OH is 1. The summed E-state index contributed by atoms with van der Waals surface area (Å²) in [7, 11) is 1.60. The number of benzene rings is 1. The van der Waals surface area contributed by atoms with Crippen LogP contribution in [0.5, 0.6) is 5.75 Å². The Morgan fingerprint density at radius 1 is 1.48 bits per heavy atom. The molecule has 114 valence electrons. The Labute approximate surface area is 127 Å². The van der Waals surface area contributed by atoms with E-state index in [1.165, 1.54) is 11.3 Å². The third kappa shape index (κ3) is 3.11. The summed E-state index contributed by atoms with van der Waals surface area (Å²) in [5.74, 6) is 0.517. The summed E-state index contributed by atoms with van der Waals surface area (Å²) in [6, 6.07) is 5.43. The van der Waals surface area contributed by atoms with E-state index in [1.807, 2.05) is 32.0 Å². The van der Waals surface area contributed by atoms with E-state index in [0.29, 0.717) is 10.6 Å². The van der Waals surface area contributed by atoms with E-state index in [-0.39, 0.29) is 24.5 Å². The van der Waals surface area contributed by atoms with Gasteiger partial charge in [-0.3, -0.25) is 4.79 Å². The van der Waals surface area contributed by atoms with Gasteiger partial charge in [-0.2, -0.15) is 0 Å². The van der Waals surface area contributed by atoms with Gasteiger partial charge in [-0.15, -0.1) is 11.3 Å². The van der Waals surface area contributed by atoms with Crippen LogP contribution in [0.3, 0.4) is 0 Å². The average Bonchev–Trinajstić information content (AvgIpc) is 2.82. The lowest BCUT2D eigenvalue weighted by atomic mass is 10.1. The number of methoxy groups -OCH3 is 1. The Morgan fingerprint density at radius 2 is 2.19 bits per heavy atom. The number of amides is 1. The molecule has 2 atom stereocenters. The SMILES string of the molecule is COc1ccc2c(N)c(C(=O)NC(C)C(C)CO)sc2c1. The first kappa shape index (κ1) is 15.6. The molecule has 1 amide bonds. The number of rotatable bonds is 5. The number of ether oxygens (including phenoxy) is 1. The minimum absolute atomic E-state index is 0.00959. The highest BCUT2D eigenvalue weighted by Gasteiger charge is 2.20. The van der Waals surface area contributed by atoms with Crippen LogP contribution in [0.25, 0.3) is 10.1 Å². The van der Waals surface area contributed by atoms with E-state index in [4.69, 9.17) is 15.6 Å². The van der Waals surface area contributed by atoms with Gasteiger partial charge in [-0.1, -0.05) is 6.92 Å². The van der Waals surface area contributed by atoms with Crippen molar-refractivity contribution in [3.63, 3.8) is 0 Å². The molecule has 4 N–H and O–H groups in total. The number of aliphatic hydroxyl groups is 1. The third-order valence-electron chi connectivity index (χ3n) is 3.64. The largest absolute Gasteiger partial charge is 0.497 e. The van der Waals surface area contributed by atoms with E-state index >= 15 is 0 Å². The molecule has 0 saturated carbocycles. The van der Waals surface area contributed by atoms with Crippen LogP contribution in [-0.4, -0.2) is 30.8 Å². The molecule has 2 rings (SSSR count). The molecule has 1 aromatic heterocycles. The monoisotopic (exact) mass is 308 g/mol. The van der Waals surface area contributed by atoms with Crippen molar-refractivity contribution in [3.8, 4) is 5.75 Å². The molecule has 0 aliphatic carbocycles. The second kappa shape index (κ2) is 6.32. The van der Waals surface area contributed by atoms with Crippen molar-refractivity contribution in [3.05, 3.63) is 23.1 Å². The van der Waals surface area contributed by atoms with E-state index in [0.717, 1.165) is 15.8 Å². The molecule has 2 aromatic rings. The van der Waals surface area contributed by atoms with Gasteiger partial charge < -0.3 is 20.9 Å². The Morgan fingerprint density at radius 3 is 2.81 bits per heavy atom. The fraction of sp³-hybridized carbons (Fsp3) is 0.400. The first-order chi connectivity index (χ1) is 9.97. The van der Waals surface area contributed by atoms with Gasteiger partial charge >= 0.3 is 0 Å². The van der Waals surface area contributed by atoms with Gasteiger partial charge in [-0.05, 0) is 31.0 Å². The minimum atomic E-state index is -0.208. The summed E-state index contributed by atoms with van der Waals surface area (Å²) in [6.45, 7) is 3.77. The molecule has 1 heterocycles. The fourth-order valence-corrected chi connectivity index (χ4v) is 3.02. The van der Waals surface area contributed by atoms with Crippen LogP contribution in [0.2, 0.25) is 0 Å². The van der Waals surface area contributed by atoms with Gasteiger partial charge in [0.15, 0.2) is 0 Å². The van der Waals surface area contributed by atoms with Crippen LogP contribution in [0, 0.1) is 5.92 Å². The average molecular weight is 308 g/mol. The van der Waals surface area contributed by atoms with E-state index in [9.17, 15) is 4.79 Å². The zero-order valence-electron chi connectivity index (χ0n) is 12.3. The zero-order chi connectivity index (χ0) is 15.6. The third-order valence-corrected chi connectivity index (χ3v) is 4.81. The Kier molecular flexibility index (Phi) is 4.69. The number of nitrogens with one attached hydrogen (secondary N) is 1. The summed E-state index contributed by atoms with van der Waals surface area (Å²) in [5.41, 5.74) is 6.56. The normalized spacial score (nSPS) is 13.9. The number of carbonyl (C=O) groups is 1. The molecule has 5 nitrogen and oxygen atoms in total. The lowest BCUT2D eigenvalue weighted by Gasteiger charge is -2.18. The van der Waals surface area contributed by atoms with Crippen molar-refractivity contribution < 1.29 is 14.6 Å². The van der Waals surface area contributed by atoms with Gasteiger partial charge in [0.2, 0.25) is 0 Å². The highest BCUT2D eigenvalue weighted by Crippen LogP contribution is 2.35. The highest BCUT2D eigenvalue weighted by molar-refractivity contribution is 7.21. The molecular weight excluding hydrogens is 288 g/mol. The zero-order valence-corrected chi connectivity index (χ0v) is 13.2. The van der Waals surface area contributed by atoms with Crippen molar-refractivity contribution >= 4 is 33.0 Å². The Hall–Kier alpha value is -1.79. The number of hydrogen-bond donors (Lipinski definition) is 3. The summed E-state index contributed by atoms with van der Waals surface area (Å²) in [4.78, 5) is 12.8. The lowest BCUT2D eigenvalue weighted by molar-refractivity contribution is 0.0921. The van der Waals surface area contributed by atoms with E-state index < -0.39 is 0 Å². The molecule has 0 aliphatic heterocycles. The minimum Gasteiger partial charge on any atom is -0.497 e. The number of nitrogen functional groups attached to an aromatic ring is 1. The smallest absolute Gasteiger partial charge is 0.263 e. The first-order valence-corrected chi connectivity index (χ1v) is 7.57. The molecule has 0 fully saturated rings. The maximum atomic E-state index is 12.3. The quantitative estimate of drug-likeness (QED) is 0.791. The van der Waals surface area contributed by atoms with Gasteiger partial charge in [-0.25, -0.2) is 0 Å². The number of nitrogens with two attached hydrogens (primary N) is 1. The Balaban J connectivity index is 2.29. The van der Waals surface area contributed by atoms with Crippen molar-refractivity contribution in [2.75, 3.05) is 19.5 Å². The van der Waals surface area contributed by atoms with Crippen molar-refractivity contribution in [2.45, 2.75) is 19.9 Å². The topological polar surface area (TPSA) is 84.6 Å². The molecule has 0 aliphatic rings. The molecule has 2 unspecified atom stereocenters. The standard InChI is InChI=1S/C15H20N2O3S/c1-8(7-18)9(2)17-15(19)14-13(16)11-5-4-10(20-3)6-12(11)21-14/h4-6,8-9,18H,7,16H2,1-3H3,(H,17,19). The van der Waals surface area contributed by atoms with Crippen LogP contribution in [0.15, 0.2) is 18.2 Å². The molecular formula is C15H20N2O3S. The molecule has 21 heavy (non-hydrogen) atoms. The van der Waals surface area contributed by atoms with Gasteiger partial charge in [0.1, 0.15) is 10.6 Å². The predicted octanol–water partition coefficient (Wildman–Crippen LogP) is 2.24. The summed E-state index contributed by atoms with van der Waals surface area (Å²) < 4.78 is 6.10. The molecule has 0 bridgehead atoms. The summed E-state index contributed by atoms with van der Waals surface area (Å²) in [6.07, 6.45) is 0. The maximum absolute atomic E-state index is 12.3. The fourth-order valence-electron chi connectivity index (χ4n) is 1.97. The molecule has 0 radical (unpaired) electrons. The summed E-state index contributed by atoms with van der Waals surface area (Å²) in [5, 5.41) is 12.9. The second-order valence-electron chi connectivity index (χ2n) is 5.13. The van der Waals surface area contributed by atoms with Gasteiger partial charge in [0, 0.05) is 22.7 Å². The van der Waals surface area contributed by atoms with Crippen molar-refractivity contribution in [1.29, 1.82) is 0 Å². The number of fused-ring (bicyclic) bond motifs is 1. The number of carbonyl (C=O) groups excluding carboxylic acids is 1. The van der Waals surface area contributed by atoms with Crippen LogP contribution in [-0.2, 0) is 0 Å². The molecule has 0 spiro atoms. The number of anilines is 1. The second-order valence-corrected chi connectivity index (χ2v) is 6.18. The highest BCUT2D eigenvalue weighted by atomic mass is 32.1. The van der Waals surface area contributed by atoms with E-state index in [1.54, 1.807) is 7.11 Å². The van der Waals surface area contributed by atoms with Crippen LogP contribution in [0.4, 0.5) is 5.69 Å². The molecule has 0 saturated heterocycles. The lowest BCUT2D eigenvalue weighted by Crippen LogP contribution is -2.38. The summed E-state index contributed by atoms with van der Waals surface area (Å²) >= 11 is 1.34. The van der Waals surface area contributed by atoms with Gasteiger partial charge in [0.25, 0.3) is 5.91 Å². The predicted molar refractivity (Wildman–Crippen MR) is 86.0 cm³/mol. The van der Waals surface area contributed by atoms with Crippen molar-refractivity contribution in [2.24, 2.45) is 5.92 Å². The molecule has 6 heteroatoms. The first-order valence-electron chi connectivity index (χ1n) is 6.75. The number of hydrogen-bond acceptors (Lipinski definition) is 5.